The summed E-state index contributed by atoms with van der Waals surface area (Å²) in [7, 11) is -2.98. The highest BCUT2D eigenvalue weighted by Gasteiger charge is 2.29. The van der Waals surface area contributed by atoms with Crippen LogP contribution in [-0.4, -0.2) is 37.5 Å². The number of hydrazine groups is 1. The van der Waals surface area contributed by atoms with Crippen molar-refractivity contribution in [1.82, 2.24) is 10.9 Å². The molecule has 0 saturated carbocycles. The van der Waals surface area contributed by atoms with Crippen LogP contribution in [0.25, 0.3) is 0 Å². The maximum Gasteiger partial charge on any atom is 0.248 e. The molecule has 1 saturated heterocycles. The smallest absolute Gasteiger partial charge is 0.248 e. The Morgan fingerprint density at radius 3 is 2.45 bits per heavy atom. The molecule has 1 heterocycles. The fraction of sp³-hybridized carbons (Fsp3) is 0.429. The molecular weight excluding hydrogens is 324 g/mol. The minimum absolute atomic E-state index is 0.0538. The van der Waals surface area contributed by atoms with E-state index in [1.54, 1.807) is 0 Å². The first-order valence-corrected chi connectivity index (χ1v) is 9.71. The largest absolute Gasteiger partial charge is 0.273 e. The van der Waals surface area contributed by atoms with Crippen molar-refractivity contribution in [3.05, 3.63) is 30.3 Å². The van der Waals surface area contributed by atoms with Gasteiger partial charge < -0.3 is 0 Å². The van der Waals surface area contributed by atoms with Gasteiger partial charge in [-0.1, -0.05) is 18.2 Å². The van der Waals surface area contributed by atoms with Gasteiger partial charge in [0.15, 0.2) is 9.84 Å². The lowest BCUT2D eigenvalue weighted by molar-refractivity contribution is -0.128. The van der Waals surface area contributed by atoms with Gasteiger partial charge in [-0.2, -0.15) is 0 Å². The Morgan fingerprint density at radius 2 is 1.82 bits per heavy atom. The predicted molar refractivity (Wildman–Crippen MR) is 84.8 cm³/mol. The van der Waals surface area contributed by atoms with Crippen molar-refractivity contribution in [3.63, 3.8) is 0 Å². The zero-order chi connectivity index (χ0) is 16.0. The van der Waals surface area contributed by atoms with Gasteiger partial charge in [0, 0.05) is 11.3 Å². The van der Waals surface area contributed by atoms with Crippen LogP contribution in [0.1, 0.15) is 12.8 Å². The molecule has 6 nitrogen and oxygen atoms in total. The van der Waals surface area contributed by atoms with Crippen molar-refractivity contribution in [1.29, 1.82) is 0 Å². The monoisotopic (exact) mass is 342 g/mol. The summed E-state index contributed by atoms with van der Waals surface area (Å²) in [6.45, 7) is 0. The second kappa shape index (κ2) is 7.64. The third kappa shape index (κ3) is 5.69. The minimum Gasteiger partial charge on any atom is -0.273 e. The number of carbonyl (C=O) groups excluding carboxylic acids is 2. The highest BCUT2D eigenvalue weighted by atomic mass is 32.2. The lowest BCUT2D eigenvalue weighted by atomic mass is 10.1. The molecule has 0 bridgehead atoms. The zero-order valence-corrected chi connectivity index (χ0v) is 13.6. The number of benzene rings is 1. The van der Waals surface area contributed by atoms with Crippen molar-refractivity contribution in [3.8, 4) is 0 Å². The van der Waals surface area contributed by atoms with E-state index in [0.717, 1.165) is 4.90 Å². The van der Waals surface area contributed by atoms with Crippen molar-refractivity contribution in [2.75, 3.05) is 17.3 Å². The van der Waals surface area contributed by atoms with Gasteiger partial charge in [0.05, 0.1) is 17.3 Å². The summed E-state index contributed by atoms with van der Waals surface area (Å²) >= 11 is 1.37. The molecule has 0 unspecified atom stereocenters. The Labute approximate surface area is 133 Å². The number of amides is 2. The molecule has 2 amide bonds. The number of rotatable bonds is 5. The Kier molecular flexibility index (Phi) is 5.84. The molecule has 0 radical (unpaired) electrons. The summed E-state index contributed by atoms with van der Waals surface area (Å²) in [6, 6.07) is 9.47. The summed E-state index contributed by atoms with van der Waals surface area (Å²) < 4.78 is 22.6. The standard InChI is InChI=1S/C14H18N2O4S2/c17-13(8-11-6-7-22(19,20)10-11)15-16-14(18)9-21-12-4-2-1-3-5-12/h1-5,11H,6-10H2,(H,15,17)(H,16,18)/t11-/m0/s1. The van der Waals surface area contributed by atoms with E-state index in [2.05, 4.69) is 10.9 Å². The van der Waals surface area contributed by atoms with Crippen LogP contribution in [0.2, 0.25) is 0 Å². The van der Waals surface area contributed by atoms with Crippen molar-refractivity contribution < 1.29 is 18.0 Å². The van der Waals surface area contributed by atoms with Crippen molar-refractivity contribution >= 4 is 33.4 Å². The van der Waals surface area contributed by atoms with Crippen LogP contribution in [-0.2, 0) is 19.4 Å². The lowest BCUT2D eigenvalue weighted by Crippen LogP contribution is -2.43. The zero-order valence-electron chi connectivity index (χ0n) is 11.9. The van der Waals surface area contributed by atoms with Gasteiger partial charge in [-0.15, -0.1) is 11.8 Å². The third-order valence-corrected chi connectivity index (χ3v) is 6.10. The number of thioether (sulfide) groups is 1. The highest BCUT2D eigenvalue weighted by Crippen LogP contribution is 2.21. The van der Waals surface area contributed by atoms with Crippen LogP contribution in [0, 0.1) is 5.92 Å². The van der Waals surface area contributed by atoms with Gasteiger partial charge in [-0.3, -0.25) is 20.4 Å². The molecule has 2 N–H and O–H groups in total. The molecule has 1 atom stereocenters. The van der Waals surface area contributed by atoms with Gasteiger partial charge in [-0.25, -0.2) is 8.42 Å². The van der Waals surface area contributed by atoms with Crippen LogP contribution in [0.4, 0.5) is 0 Å². The number of carbonyl (C=O) groups is 2. The molecule has 1 aliphatic heterocycles. The molecule has 2 rings (SSSR count). The van der Waals surface area contributed by atoms with E-state index in [1.165, 1.54) is 11.8 Å². The van der Waals surface area contributed by atoms with E-state index in [0.29, 0.717) is 6.42 Å². The highest BCUT2D eigenvalue weighted by molar-refractivity contribution is 8.00. The predicted octanol–water partition coefficient (Wildman–Crippen LogP) is 0.751. The summed E-state index contributed by atoms with van der Waals surface area (Å²) in [5.41, 5.74) is 4.66. The molecule has 22 heavy (non-hydrogen) atoms. The molecular formula is C14H18N2O4S2. The van der Waals surface area contributed by atoms with Crippen LogP contribution in [0.15, 0.2) is 35.2 Å². The van der Waals surface area contributed by atoms with E-state index in [4.69, 9.17) is 0 Å². The summed E-state index contributed by atoms with van der Waals surface area (Å²) in [5, 5.41) is 0. The lowest BCUT2D eigenvalue weighted by Gasteiger charge is -2.09. The third-order valence-electron chi connectivity index (χ3n) is 3.26. The maximum atomic E-state index is 11.7. The Morgan fingerprint density at radius 1 is 1.14 bits per heavy atom. The van der Waals surface area contributed by atoms with Crippen LogP contribution in [0.3, 0.4) is 0 Å². The molecule has 1 aromatic carbocycles. The summed E-state index contributed by atoms with van der Waals surface area (Å²) in [6.07, 6.45) is 0.624. The van der Waals surface area contributed by atoms with Crippen molar-refractivity contribution in [2.24, 2.45) is 5.92 Å². The van der Waals surface area contributed by atoms with Gasteiger partial charge in [0.1, 0.15) is 0 Å². The first-order valence-electron chi connectivity index (χ1n) is 6.90. The Bertz CT molecular complexity index is 632. The topological polar surface area (TPSA) is 92.3 Å². The van der Waals surface area contributed by atoms with Gasteiger partial charge in [0.25, 0.3) is 0 Å². The van der Waals surface area contributed by atoms with Crippen LogP contribution in [0.5, 0.6) is 0 Å². The Balaban J connectivity index is 1.65. The van der Waals surface area contributed by atoms with Gasteiger partial charge in [-0.05, 0) is 24.5 Å². The number of hydrogen-bond acceptors (Lipinski definition) is 5. The fourth-order valence-electron chi connectivity index (χ4n) is 2.19. The second-order valence-corrected chi connectivity index (χ2v) is 8.45. The van der Waals surface area contributed by atoms with E-state index < -0.39 is 9.84 Å². The SMILES string of the molecule is O=C(CSc1ccccc1)NNC(=O)C[C@@H]1CCS(=O)(=O)C1. The van der Waals surface area contributed by atoms with Gasteiger partial charge >= 0.3 is 0 Å². The molecule has 1 aliphatic rings. The van der Waals surface area contributed by atoms with E-state index in [1.807, 2.05) is 30.3 Å². The minimum atomic E-state index is -2.98. The number of sulfone groups is 1. The second-order valence-electron chi connectivity index (χ2n) is 5.17. The summed E-state index contributed by atoms with van der Waals surface area (Å²) in [5.74, 6) is -0.423. The molecule has 0 aliphatic carbocycles. The fourth-order valence-corrected chi connectivity index (χ4v) is 4.77. The number of nitrogens with one attached hydrogen (secondary N) is 2. The van der Waals surface area contributed by atoms with E-state index in [-0.39, 0.29) is 41.4 Å². The molecule has 8 heteroatoms. The number of hydrogen-bond donors (Lipinski definition) is 2. The van der Waals surface area contributed by atoms with Crippen molar-refractivity contribution in [2.45, 2.75) is 17.7 Å². The first kappa shape index (κ1) is 16.8. The van der Waals surface area contributed by atoms with E-state index >= 15 is 0 Å². The normalized spacial score (nSPS) is 19.5. The average Bonchev–Trinajstić information content (AvgIpc) is 2.83. The Hall–Kier alpha value is -1.54. The van der Waals surface area contributed by atoms with E-state index in [9.17, 15) is 18.0 Å². The maximum absolute atomic E-state index is 11.7. The quantitative estimate of drug-likeness (QED) is 0.608. The molecule has 0 aromatic heterocycles. The van der Waals surface area contributed by atoms with Crippen LogP contribution >= 0.6 is 11.8 Å². The first-order chi connectivity index (χ1) is 10.4. The van der Waals surface area contributed by atoms with Crippen LogP contribution < -0.4 is 10.9 Å². The molecule has 1 fully saturated rings. The average molecular weight is 342 g/mol. The molecule has 1 aromatic rings. The summed E-state index contributed by atoms with van der Waals surface area (Å²) in [4.78, 5) is 24.3. The van der Waals surface area contributed by atoms with Gasteiger partial charge in [0.2, 0.25) is 11.8 Å². The molecule has 120 valence electrons. The molecule has 0 spiro atoms.